The second kappa shape index (κ2) is 8.67. The van der Waals surface area contributed by atoms with Crippen molar-refractivity contribution >= 4 is 29.4 Å². The monoisotopic (exact) mass is 394 g/mol. The molecule has 2 aromatic carbocycles. The summed E-state index contributed by atoms with van der Waals surface area (Å²) in [7, 11) is 1.33. The zero-order valence-electron chi connectivity index (χ0n) is 15.6. The molecule has 0 N–H and O–H groups in total. The summed E-state index contributed by atoms with van der Waals surface area (Å²) in [6.45, 7) is 2.42. The molecule has 0 unspecified atom stereocenters. The van der Waals surface area contributed by atoms with Crippen molar-refractivity contribution in [3.05, 3.63) is 93.8 Å². The van der Waals surface area contributed by atoms with Crippen LogP contribution in [0.5, 0.6) is 0 Å². The van der Waals surface area contributed by atoms with Gasteiger partial charge in [-0.15, -0.1) is 0 Å². The van der Waals surface area contributed by atoms with E-state index in [1.165, 1.54) is 7.11 Å². The summed E-state index contributed by atoms with van der Waals surface area (Å²) in [6.07, 6.45) is 5.39. The predicted octanol–water partition coefficient (Wildman–Crippen LogP) is 4.58. The fraction of sp³-hybridized carbons (Fsp3) is 0.136. The molecule has 1 aromatic heterocycles. The van der Waals surface area contributed by atoms with E-state index in [1.54, 1.807) is 53.4 Å². The third-order valence-electron chi connectivity index (χ3n) is 4.20. The van der Waals surface area contributed by atoms with Crippen molar-refractivity contribution < 1.29 is 14.3 Å². The number of methoxy groups -OCH3 is 1. The fourth-order valence-electron chi connectivity index (χ4n) is 2.69. The molecule has 6 heteroatoms. The van der Waals surface area contributed by atoms with Gasteiger partial charge in [-0.2, -0.15) is 5.10 Å². The SMILES string of the molecule is COC(=O)c1cc(Cl)ccc1C=CCn1ccc(C(=O)c2ccc(C)cc2)n1. The maximum absolute atomic E-state index is 12.5. The number of halogens is 1. The summed E-state index contributed by atoms with van der Waals surface area (Å²) in [6, 6.07) is 14.1. The summed E-state index contributed by atoms with van der Waals surface area (Å²) < 4.78 is 6.45. The zero-order chi connectivity index (χ0) is 20.1. The van der Waals surface area contributed by atoms with Crippen LogP contribution in [-0.4, -0.2) is 28.6 Å². The minimum Gasteiger partial charge on any atom is -0.465 e. The van der Waals surface area contributed by atoms with Gasteiger partial charge in [0.2, 0.25) is 5.78 Å². The molecule has 142 valence electrons. The Morgan fingerprint density at radius 2 is 1.89 bits per heavy atom. The van der Waals surface area contributed by atoms with E-state index in [0.29, 0.717) is 34.0 Å². The minimum absolute atomic E-state index is 0.117. The van der Waals surface area contributed by atoms with Crippen LogP contribution in [0.4, 0.5) is 0 Å². The van der Waals surface area contributed by atoms with Gasteiger partial charge in [-0.3, -0.25) is 9.48 Å². The van der Waals surface area contributed by atoms with Crippen LogP contribution in [0.15, 0.2) is 60.8 Å². The first kappa shape index (κ1) is 19.6. The number of hydrogen-bond acceptors (Lipinski definition) is 4. The molecule has 0 radical (unpaired) electrons. The Morgan fingerprint density at radius 1 is 1.14 bits per heavy atom. The normalized spacial score (nSPS) is 11.0. The molecule has 3 aromatic rings. The van der Waals surface area contributed by atoms with Crippen LogP contribution < -0.4 is 0 Å². The molecule has 0 amide bonds. The number of benzene rings is 2. The van der Waals surface area contributed by atoms with E-state index >= 15 is 0 Å². The number of rotatable bonds is 6. The molecule has 0 saturated carbocycles. The van der Waals surface area contributed by atoms with Gasteiger partial charge in [0.05, 0.1) is 19.2 Å². The van der Waals surface area contributed by atoms with Crippen molar-refractivity contribution in [1.82, 2.24) is 9.78 Å². The van der Waals surface area contributed by atoms with Crippen LogP contribution in [0.1, 0.15) is 37.5 Å². The van der Waals surface area contributed by atoms with Crippen molar-refractivity contribution in [1.29, 1.82) is 0 Å². The van der Waals surface area contributed by atoms with Gasteiger partial charge in [0.15, 0.2) is 0 Å². The molecular weight excluding hydrogens is 376 g/mol. The molecule has 0 atom stereocenters. The highest BCUT2D eigenvalue weighted by atomic mass is 35.5. The lowest BCUT2D eigenvalue weighted by molar-refractivity contribution is 0.0600. The van der Waals surface area contributed by atoms with E-state index in [2.05, 4.69) is 5.10 Å². The number of aromatic nitrogens is 2. The lowest BCUT2D eigenvalue weighted by atomic mass is 10.1. The van der Waals surface area contributed by atoms with Crippen molar-refractivity contribution in [3.63, 3.8) is 0 Å². The van der Waals surface area contributed by atoms with Crippen LogP contribution in [0.25, 0.3) is 6.08 Å². The fourth-order valence-corrected chi connectivity index (χ4v) is 2.86. The van der Waals surface area contributed by atoms with Crippen LogP contribution in [0.3, 0.4) is 0 Å². The Labute approximate surface area is 168 Å². The second-order valence-electron chi connectivity index (χ2n) is 6.24. The molecule has 1 heterocycles. The maximum Gasteiger partial charge on any atom is 0.338 e. The van der Waals surface area contributed by atoms with Crippen molar-refractivity contribution in [2.75, 3.05) is 7.11 Å². The van der Waals surface area contributed by atoms with E-state index in [4.69, 9.17) is 16.3 Å². The molecule has 0 saturated heterocycles. The molecule has 3 rings (SSSR count). The highest BCUT2D eigenvalue weighted by Gasteiger charge is 2.12. The number of allylic oxidation sites excluding steroid dienone is 1. The minimum atomic E-state index is -0.452. The Hall–Kier alpha value is -3.18. The van der Waals surface area contributed by atoms with E-state index in [-0.39, 0.29) is 5.78 Å². The van der Waals surface area contributed by atoms with E-state index < -0.39 is 5.97 Å². The first-order valence-corrected chi connectivity index (χ1v) is 9.05. The predicted molar refractivity (Wildman–Crippen MR) is 109 cm³/mol. The van der Waals surface area contributed by atoms with Crippen LogP contribution in [0.2, 0.25) is 5.02 Å². The summed E-state index contributed by atoms with van der Waals surface area (Å²) in [5.74, 6) is -0.569. The first-order chi connectivity index (χ1) is 13.5. The quantitative estimate of drug-likeness (QED) is 0.453. The zero-order valence-corrected chi connectivity index (χ0v) is 16.3. The lowest BCUT2D eigenvalue weighted by Crippen LogP contribution is -2.05. The highest BCUT2D eigenvalue weighted by Crippen LogP contribution is 2.18. The van der Waals surface area contributed by atoms with Crippen molar-refractivity contribution in [2.45, 2.75) is 13.5 Å². The molecule has 0 aliphatic heterocycles. The number of hydrogen-bond donors (Lipinski definition) is 0. The van der Waals surface area contributed by atoms with Crippen LogP contribution >= 0.6 is 11.6 Å². The van der Waals surface area contributed by atoms with Gasteiger partial charge < -0.3 is 4.74 Å². The Balaban J connectivity index is 1.72. The van der Waals surface area contributed by atoms with Gasteiger partial charge in [-0.25, -0.2) is 4.79 Å². The van der Waals surface area contributed by atoms with E-state index in [0.717, 1.165) is 5.56 Å². The third kappa shape index (κ3) is 4.56. The number of aryl methyl sites for hydroxylation is 1. The van der Waals surface area contributed by atoms with Gasteiger partial charge in [-0.1, -0.05) is 59.6 Å². The highest BCUT2D eigenvalue weighted by molar-refractivity contribution is 6.31. The van der Waals surface area contributed by atoms with Gasteiger partial charge in [0.25, 0.3) is 0 Å². The topological polar surface area (TPSA) is 61.2 Å². The molecule has 5 nitrogen and oxygen atoms in total. The van der Waals surface area contributed by atoms with E-state index in [9.17, 15) is 9.59 Å². The number of ketones is 1. The van der Waals surface area contributed by atoms with E-state index in [1.807, 2.05) is 25.1 Å². The van der Waals surface area contributed by atoms with Crippen LogP contribution in [0, 0.1) is 6.92 Å². The largest absolute Gasteiger partial charge is 0.465 e. The molecular formula is C22H19ClN2O3. The Bertz CT molecular complexity index is 1040. The van der Waals surface area contributed by atoms with Crippen molar-refractivity contribution in [2.24, 2.45) is 0 Å². The average Bonchev–Trinajstić information content (AvgIpc) is 3.17. The van der Waals surface area contributed by atoms with Gasteiger partial charge >= 0.3 is 5.97 Å². The molecule has 0 spiro atoms. The molecule has 0 aliphatic rings. The van der Waals surface area contributed by atoms with Gasteiger partial charge in [0, 0.05) is 16.8 Å². The summed E-state index contributed by atoms with van der Waals surface area (Å²) in [5, 5.41) is 4.79. The van der Waals surface area contributed by atoms with Gasteiger partial charge in [-0.05, 0) is 30.7 Å². The molecule has 28 heavy (non-hydrogen) atoms. The van der Waals surface area contributed by atoms with Crippen molar-refractivity contribution in [3.8, 4) is 0 Å². The number of esters is 1. The smallest absolute Gasteiger partial charge is 0.338 e. The standard InChI is InChI=1S/C22H19ClN2O3/c1-15-5-7-17(8-6-15)21(26)20-11-13-25(24-20)12-3-4-16-9-10-18(23)14-19(16)22(27)28-2/h3-11,13-14H,12H2,1-2H3. The van der Waals surface area contributed by atoms with Crippen LogP contribution in [-0.2, 0) is 11.3 Å². The number of nitrogens with zero attached hydrogens (tertiary/aromatic N) is 2. The summed E-state index contributed by atoms with van der Waals surface area (Å²) in [5.41, 5.74) is 3.18. The number of carbonyl (C=O) groups is 2. The summed E-state index contributed by atoms with van der Waals surface area (Å²) in [4.78, 5) is 24.4. The average molecular weight is 395 g/mol. The first-order valence-electron chi connectivity index (χ1n) is 8.67. The maximum atomic E-state index is 12.5. The Kier molecular flexibility index (Phi) is 6.06. The Morgan fingerprint density at radius 3 is 2.61 bits per heavy atom. The number of ether oxygens (including phenoxy) is 1. The molecule has 0 fully saturated rings. The molecule has 0 bridgehead atoms. The second-order valence-corrected chi connectivity index (χ2v) is 6.68. The third-order valence-corrected chi connectivity index (χ3v) is 4.43. The molecule has 0 aliphatic carbocycles. The lowest BCUT2D eigenvalue weighted by Gasteiger charge is -2.04. The van der Waals surface area contributed by atoms with Gasteiger partial charge in [0.1, 0.15) is 5.69 Å². The summed E-state index contributed by atoms with van der Waals surface area (Å²) >= 11 is 5.96. The number of carbonyl (C=O) groups excluding carboxylic acids is 2.